The summed E-state index contributed by atoms with van der Waals surface area (Å²) < 4.78 is 7.32. The van der Waals surface area contributed by atoms with Crippen molar-refractivity contribution < 1.29 is 14.6 Å². The zero-order chi connectivity index (χ0) is 14.9. The highest BCUT2D eigenvalue weighted by molar-refractivity contribution is 9.10. The number of carboxylic acid groups (broad SMARTS) is 1. The van der Waals surface area contributed by atoms with Crippen LogP contribution in [0.15, 0.2) is 28.7 Å². The van der Waals surface area contributed by atoms with Gasteiger partial charge in [0.2, 0.25) is 0 Å². The molecular weight excluding hydrogens is 324 g/mol. The lowest BCUT2D eigenvalue weighted by Crippen LogP contribution is -2.06. The Kier molecular flexibility index (Phi) is 4.13. The molecule has 6 heteroatoms. The van der Waals surface area contributed by atoms with Gasteiger partial charge >= 0.3 is 5.97 Å². The summed E-state index contributed by atoms with van der Waals surface area (Å²) in [7, 11) is 1.60. The highest BCUT2D eigenvalue weighted by atomic mass is 79.9. The third-order valence-electron chi connectivity index (χ3n) is 2.91. The summed E-state index contributed by atoms with van der Waals surface area (Å²) in [6, 6.07) is 7.48. The lowest BCUT2D eigenvalue weighted by molar-refractivity contribution is 0.0688. The summed E-state index contributed by atoms with van der Waals surface area (Å²) in [4.78, 5) is 11.2. The van der Waals surface area contributed by atoms with Crippen molar-refractivity contribution in [2.45, 2.75) is 19.9 Å². The first-order chi connectivity index (χ1) is 9.45. The van der Waals surface area contributed by atoms with Crippen molar-refractivity contribution in [1.82, 2.24) is 9.78 Å². The fraction of sp³-hybridized carbons (Fsp3) is 0.286. The fourth-order valence-electron chi connectivity index (χ4n) is 1.93. The molecule has 2 rings (SSSR count). The Morgan fingerprint density at radius 1 is 1.35 bits per heavy atom. The number of halogens is 1. The maximum Gasteiger partial charge on any atom is 0.357 e. The van der Waals surface area contributed by atoms with E-state index in [-0.39, 0.29) is 11.7 Å². The molecule has 0 aliphatic heterocycles. The molecule has 20 heavy (non-hydrogen) atoms. The maximum absolute atomic E-state index is 11.2. The van der Waals surface area contributed by atoms with Crippen LogP contribution >= 0.6 is 15.9 Å². The molecule has 1 heterocycles. The number of methoxy groups -OCH3 is 1. The smallest absolute Gasteiger partial charge is 0.357 e. The molecule has 0 aliphatic rings. The summed E-state index contributed by atoms with van der Waals surface area (Å²) in [5.74, 6) is -0.301. The van der Waals surface area contributed by atoms with E-state index in [2.05, 4.69) is 21.0 Å². The van der Waals surface area contributed by atoms with Crippen molar-refractivity contribution in [3.05, 3.63) is 34.4 Å². The summed E-state index contributed by atoms with van der Waals surface area (Å²) in [6.45, 7) is 3.91. The first-order valence-corrected chi connectivity index (χ1v) is 6.90. The van der Waals surface area contributed by atoms with E-state index >= 15 is 0 Å². The van der Waals surface area contributed by atoms with E-state index in [9.17, 15) is 9.90 Å². The minimum Gasteiger partial charge on any atom is -0.497 e. The Morgan fingerprint density at radius 3 is 2.40 bits per heavy atom. The van der Waals surface area contributed by atoms with Crippen molar-refractivity contribution >= 4 is 21.9 Å². The Balaban J connectivity index is 2.61. The van der Waals surface area contributed by atoms with Gasteiger partial charge in [-0.3, -0.25) is 4.68 Å². The zero-order valence-electron chi connectivity index (χ0n) is 11.4. The topological polar surface area (TPSA) is 64.3 Å². The number of hydrogen-bond acceptors (Lipinski definition) is 3. The molecule has 0 amide bonds. The molecular formula is C14H15BrN2O3. The Bertz CT molecular complexity index is 633. The molecule has 2 aromatic rings. The van der Waals surface area contributed by atoms with Gasteiger partial charge in [-0.25, -0.2) is 4.79 Å². The normalized spacial score (nSPS) is 10.8. The minimum atomic E-state index is -1.05. The average Bonchev–Trinajstić information content (AvgIpc) is 2.77. The third-order valence-corrected chi connectivity index (χ3v) is 3.66. The second-order valence-corrected chi connectivity index (χ2v) is 5.38. The van der Waals surface area contributed by atoms with Crippen LogP contribution in [0, 0.1) is 0 Å². The highest BCUT2D eigenvalue weighted by Gasteiger charge is 2.23. The summed E-state index contributed by atoms with van der Waals surface area (Å²) in [6.07, 6.45) is 0. The summed E-state index contributed by atoms with van der Waals surface area (Å²) in [5.41, 5.74) is 1.65. The van der Waals surface area contributed by atoms with E-state index in [1.165, 1.54) is 0 Å². The Labute approximate surface area is 125 Å². The quantitative estimate of drug-likeness (QED) is 0.924. The van der Waals surface area contributed by atoms with Crippen LogP contribution < -0.4 is 4.74 Å². The molecule has 0 bridgehead atoms. The van der Waals surface area contributed by atoms with E-state index in [4.69, 9.17) is 4.74 Å². The maximum atomic E-state index is 11.2. The van der Waals surface area contributed by atoms with Gasteiger partial charge in [-0.15, -0.1) is 0 Å². The van der Waals surface area contributed by atoms with Crippen LogP contribution in [-0.2, 0) is 0 Å². The molecule has 0 saturated heterocycles. The molecule has 0 aliphatic carbocycles. The van der Waals surface area contributed by atoms with Crippen LogP contribution in [0.2, 0.25) is 0 Å². The minimum absolute atomic E-state index is 0.0181. The molecule has 1 aromatic heterocycles. The second-order valence-electron chi connectivity index (χ2n) is 4.58. The third kappa shape index (κ3) is 2.56. The fourth-order valence-corrected chi connectivity index (χ4v) is 2.59. The number of ether oxygens (including phenoxy) is 1. The van der Waals surface area contributed by atoms with Gasteiger partial charge in [-0.1, -0.05) is 0 Å². The van der Waals surface area contributed by atoms with Gasteiger partial charge in [0.15, 0.2) is 5.69 Å². The van der Waals surface area contributed by atoms with Gasteiger partial charge in [-0.2, -0.15) is 5.10 Å². The molecule has 1 N–H and O–H groups in total. The first-order valence-electron chi connectivity index (χ1n) is 6.11. The predicted octanol–water partition coefficient (Wildman–Crippen LogP) is 3.60. The number of nitrogens with zero attached hydrogens (tertiary/aromatic N) is 2. The number of hydrogen-bond donors (Lipinski definition) is 1. The molecule has 0 spiro atoms. The van der Waals surface area contributed by atoms with Crippen molar-refractivity contribution in [2.24, 2.45) is 0 Å². The van der Waals surface area contributed by atoms with Crippen LogP contribution in [-0.4, -0.2) is 28.0 Å². The average molecular weight is 339 g/mol. The standard InChI is InChI=1S/C14H15BrN2O3/c1-8(2)17-13(11(15)12(16-17)14(18)19)9-4-6-10(20-3)7-5-9/h4-8H,1-3H3,(H,18,19). The van der Waals surface area contributed by atoms with Gasteiger partial charge in [0.25, 0.3) is 0 Å². The van der Waals surface area contributed by atoms with E-state index in [0.717, 1.165) is 17.0 Å². The number of carboxylic acids is 1. The second kappa shape index (κ2) is 5.66. The Hall–Kier alpha value is -1.82. The highest BCUT2D eigenvalue weighted by Crippen LogP contribution is 2.34. The van der Waals surface area contributed by atoms with Crippen LogP contribution in [0.3, 0.4) is 0 Å². The molecule has 0 unspecified atom stereocenters. The van der Waals surface area contributed by atoms with Crippen molar-refractivity contribution in [3.63, 3.8) is 0 Å². The first kappa shape index (κ1) is 14.6. The van der Waals surface area contributed by atoms with Crippen molar-refractivity contribution in [2.75, 3.05) is 7.11 Å². The van der Waals surface area contributed by atoms with Crippen LogP contribution in [0.5, 0.6) is 5.75 Å². The van der Waals surface area contributed by atoms with Crippen LogP contribution in [0.25, 0.3) is 11.3 Å². The van der Waals surface area contributed by atoms with E-state index < -0.39 is 5.97 Å². The van der Waals surface area contributed by atoms with Crippen molar-refractivity contribution in [1.29, 1.82) is 0 Å². The summed E-state index contributed by atoms with van der Waals surface area (Å²) in [5, 5.41) is 13.4. The van der Waals surface area contributed by atoms with Gasteiger partial charge in [-0.05, 0) is 54.0 Å². The van der Waals surface area contributed by atoms with Crippen LogP contribution in [0.4, 0.5) is 0 Å². The number of benzene rings is 1. The largest absolute Gasteiger partial charge is 0.497 e. The molecule has 0 radical (unpaired) electrons. The molecule has 0 fully saturated rings. The lowest BCUT2D eigenvalue weighted by Gasteiger charge is -2.11. The Morgan fingerprint density at radius 2 is 1.95 bits per heavy atom. The summed E-state index contributed by atoms with van der Waals surface area (Å²) >= 11 is 3.35. The van der Waals surface area contributed by atoms with Gasteiger partial charge in [0.1, 0.15) is 5.75 Å². The number of rotatable bonds is 4. The van der Waals surface area contributed by atoms with E-state index in [1.807, 2.05) is 38.1 Å². The van der Waals surface area contributed by atoms with Crippen molar-refractivity contribution in [3.8, 4) is 17.0 Å². The van der Waals surface area contributed by atoms with E-state index in [1.54, 1.807) is 11.8 Å². The van der Waals surface area contributed by atoms with E-state index in [0.29, 0.717) is 4.47 Å². The van der Waals surface area contributed by atoms with Gasteiger partial charge < -0.3 is 9.84 Å². The van der Waals surface area contributed by atoms with Crippen LogP contribution in [0.1, 0.15) is 30.4 Å². The molecule has 1 aromatic carbocycles. The molecule has 106 valence electrons. The number of aromatic carboxylic acids is 1. The molecule has 0 saturated carbocycles. The molecule has 5 nitrogen and oxygen atoms in total. The zero-order valence-corrected chi connectivity index (χ0v) is 13.0. The SMILES string of the molecule is COc1ccc(-c2c(Br)c(C(=O)O)nn2C(C)C)cc1. The molecule has 0 atom stereocenters. The predicted molar refractivity (Wildman–Crippen MR) is 79.3 cm³/mol. The monoisotopic (exact) mass is 338 g/mol. The lowest BCUT2D eigenvalue weighted by atomic mass is 10.1. The van der Waals surface area contributed by atoms with Gasteiger partial charge in [0.05, 0.1) is 17.3 Å². The number of aromatic nitrogens is 2. The van der Waals surface area contributed by atoms with Gasteiger partial charge in [0, 0.05) is 11.6 Å². The number of carbonyl (C=O) groups is 1.